The lowest BCUT2D eigenvalue weighted by Gasteiger charge is -2.32. The van der Waals surface area contributed by atoms with E-state index in [1.54, 1.807) is 0 Å². The Balaban J connectivity index is 1.51. The number of piperazine rings is 1. The van der Waals surface area contributed by atoms with Crippen molar-refractivity contribution >= 4 is 5.95 Å². The molecule has 0 amide bonds. The topological polar surface area (TPSA) is 44.3 Å². The number of benzene rings is 1. The molecular weight excluding hydrogens is 298 g/mol. The lowest BCUT2D eigenvalue weighted by atomic mass is 10.1. The van der Waals surface area contributed by atoms with E-state index < -0.39 is 0 Å². The molecule has 128 valence electrons. The van der Waals surface area contributed by atoms with Crippen LogP contribution < -0.4 is 5.32 Å². The summed E-state index contributed by atoms with van der Waals surface area (Å²) < 4.78 is 0. The highest BCUT2D eigenvalue weighted by atomic mass is 15.2. The largest absolute Gasteiger partial charge is 0.354 e. The van der Waals surface area contributed by atoms with Crippen LogP contribution in [0.3, 0.4) is 0 Å². The van der Waals surface area contributed by atoms with Gasteiger partial charge in [0.25, 0.3) is 0 Å². The first-order chi connectivity index (χ1) is 11.7. The van der Waals surface area contributed by atoms with Gasteiger partial charge in [-0.25, -0.2) is 9.97 Å². The van der Waals surface area contributed by atoms with Gasteiger partial charge < -0.3 is 15.1 Å². The molecule has 1 N–H and O–H groups in total. The predicted molar refractivity (Wildman–Crippen MR) is 99.2 cm³/mol. The molecule has 1 aliphatic heterocycles. The highest BCUT2D eigenvalue weighted by molar-refractivity contribution is 5.63. The molecule has 1 saturated heterocycles. The van der Waals surface area contributed by atoms with Crippen LogP contribution in [0.25, 0.3) is 11.3 Å². The molecule has 1 aliphatic rings. The minimum Gasteiger partial charge on any atom is -0.354 e. The van der Waals surface area contributed by atoms with Gasteiger partial charge in [-0.15, -0.1) is 0 Å². The molecule has 5 nitrogen and oxygen atoms in total. The second-order valence-corrected chi connectivity index (χ2v) is 6.52. The highest BCUT2D eigenvalue weighted by Crippen LogP contribution is 2.21. The summed E-state index contributed by atoms with van der Waals surface area (Å²) in [5, 5.41) is 3.37. The van der Waals surface area contributed by atoms with E-state index in [0.29, 0.717) is 0 Å². The maximum Gasteiger partial charge on any atom is 0.223 e. The fourth-order valence-corrected chi connectivity index (χ4v) is 2.99. The molecule has 0 unspecified atom stereocenters. The molecule has 0 aliphatic carbocycles. The molecule has 3 rings (SSSR count). The van der Waals surface area contributed by atoms with Crippen molar-refractivity contribution in [2.24, 2.45) is 0 Å². The Kier molecular flexibility index (Phi) is 5.77. The monoisotopic (exact) mass is 325 g/mol. The Bertz CT molecular complexity index is 635. The highest BCUT2D eigenvalue weighted by Gasteiger charge is 2.12. The van der Waals surface area contributed by atoms with E-state index in [1.165, 1.54) is 26.2 Å². The quantitative estimate of drug-likeness (QED) is 0.827. The lowest BCUT2D eigenvalue weighted by Crippen LogP contribution is -2.44. The predicted octanol–water partition coefficient (Wildman–Crippen LogP) is 2.50. The Morgan fingerprint density at radius 1 is 1.08 bits per heavy atom. The summed E-state index contributed by atoms with van der Waals surface area (Å²) in [7, 11) is 2.19. The number of aryl methyl sites for hydroxylation is 1. The molecule has 0 spiro atoms. The number of nitrogens with zero attached hydrogens (tertiary/aromatic N) is 4. The van der Waals surface area contributed by atoms with E-state index in [9.17, 15) is 0 Å². The second-order valence-electron chi connectivity index (χ2n) is 6.52. The maximum atomic E-state index is 4.69. The Morgan fingerprint density at radius 3 is 2.58 bits per heavy atom. The third-order valence-corrected chi connectivity index (χ3v) is 4.55. The van der Waals surface area contributed by atoms with Crippen molar-refractivity contribution < 1.29 is 0 Å². The van der Waals surface area contributed by atoms with E-state index in [2.05, 4.69) is 46.2 Å². The van der Waals surface area contributed by atoms with Crippen LogP contribution in [-0.2, 0) is 0 Å². The van der Waals surface area contributed by atoms with Gasteiger partial charge in [0.1, 0.15) is 0 Å². The Labute approximate surface area is 144 Å². The van der Waals surface area contributed by atoms with Crippen molar-refractivity contribution in [3.63, 3.8) is 0 Å². The van der Waals surface area contributed by atoms with Crippen molar-refractivity contribution in [3.8, 4) is 11.3 Å². The van der Waals surface area contributed by atoms with Gasteiger partial charge in [-0.2, -0.15) is 0 Å². The first-order valence-corrected chi connectivity index (χ1v) is 8.76. The molecule has 0 atom stereocenters. The Morgan fingerprint density at radius 2 is 1.83 bits per heavy atom. The van der Waals surface area contributed by atoms with Crippen molar-refractivity contribution in [1.82, 2.24) is 19.8 Å². The minimum absolute atomic E-state index is 0.720. The van der Waals surface area contributed by atoms with Gasteiger partial charge >= 0.3 is 0 Å². The number of aromatic nitrogens is 2. The van der Waals surface area contributed by atoms with Gasteiger partial charge in [-0.3, -0.25) is 0 Å². The van der Waals surface area contributed by atoms with E-state index >= 15 is 0 Å². The van der Waals surface area contributed by atoms with Crippen LogP contribution in [0.5, 0.6) is 0 Å². The van der Waals surface area contributed by atoms with Crippen molar-refractivity contribution in [3.05, 3.63) is 42.1 Å². The van der Waals surface area contributed by atoms with Gasteiger partial charge in [-0.1, -0.05) is 30.3 Å². The summed E-state index contributed by atoms with van der Waals surface area (Å²) in [4.78, 5) is 14.0. The zero-order valence-corrected chi connectivity index (χ0v) is 14.7. The van der Waals surface area contributed by atoms with E-state index in [0.717, 1.165) is 42.3 Å². The third kappa shape index (κ3) is 4.52. The molecule has 2 heterocycles. The van der Waals surface area contributed by atoms with Crippen molar-refractivity contribution in [2.45, 2.75) is 13.3 Å². The average Bonchev–Trinajstić information content (AvgIpc) is 2.62. The standard InChI is InChI=1S/C19H27N5/c1-16-15-21-19(22-18(16)17-7-4-3-5-8-17)20-9-6-10-24-13-11-23(2)12-14-24/h3-5,7-8,15H,6,9-14H2,1-2H3,(H,20,21,22). The molecule has 24 heavy (non-hydrogen) atoms. The van der Waals surface area contributed by atoms with Gasteiger partial charge in [0.2, 0.25) is 5.95 Å². The fourth-order valence-electron chi connectivity index (χ4n) is 2.99. The van der Waals surface area contributed by atoms with Crippen LogP contribution in [0, 0.1) is 6.92 Å². The summed E-state index contributed by atoms with van der Waals surface area (Å²) in [6.45, 7) is 8.80. The summed E-state index contributed by atoms with van der Waals surface area (Å²) in [5.41, 5.74) is 3.24. The van der Waals surface area contributed by atoms with Gasteiger partial charge in [0, 0.05) is 44.5 Å². The summed E-state index contributed by atoms with van der Waals surface area (Å²) in [6, 6.07) is 10.3. The number of hydrogen-bond acceptors (Lipinski definition) is 5. The van der Waals surface area contributed by atoms with Gasteiger partial charge in [-0.05, 0) is 32.5 Å². The van der Waals surface area contributed by atoms with E-state index in [-0.39, 0.29) is 0 Å². The average molecular weight is 325 g/mol. The van der Waals surface area contributed by atoms with E-state index in [1.807, 2.05) is 24.4 Å². The molecular formula is C19H27N5. The molecule has 1 fully saturated rings. The number of anilines is 1. The first-order valence-electron chi connectivity index (χ1n) is 8.76. The summed E-state index contributed by atoms with van der Waals surface area (Å²) in [6.07, 6.45) is 3.01. The van der Waals surface area contributed by atoms with Crippen LogP contribution >= 0.6 is 0 Å². The number of nitrogens with one attached hydrogen (secondary N) is 1. The summed E-state index contributed by atoms with van der Waals surface area (Å²) >= 11 is 0. The smallest absolute Gasteiger partial charge is 0.223 e. The number of hydrogen-bond donors (Lipinski definition) is 1. The molecule has 0 bridgehead atoms. The summed E-state index contributed by atoms with van der Waals surface area (Å²) in [5.74, 6) is 0.720. The Hall–Kier alpha value is -1.98. The van der Waals surface area contributed by atoms with Crippen LogP contribution in [-0.4, -0.2) is 66.1 Å². The van der Waals surface area contributed by atoms with Crippen molar-refractivity contribution in [2.75, 3.05) is 51.6 Å². The lowest BCUT2D eigenvalue weighted by molar-refractivity contribution is 0.154. The zero-order valence-electron chi connectivity index (χ0n) is 14.7. The number of likely N-dealkylation sites (N-methyl/N-ethyl adjacent to an activating group) is 1. The molecule has 1 aromatic heterocycles. The van der Waals surface area contributed by atoms with E-state index in [4.69, 9.17) is 4.98 Å². The molecule has 5 heteroatoms. The fraction of sp³-hybridized carbons (Fsp3) is 0.474. The molecule has 0 radical (unpaired) electrons. The second kappa shape index (κ2) is 8.22. The van der Waals surface area contributed by atoms with Crippen LogP contribution in [0.2, 0.25) is 0 Å². The SMILES string of the molecule is Cc1cnc(NCCCN2CCN(C)CC2)nc1-c1ccccc1. The van der Waals surface area contributed by atoms with Gasteiger partial charge in [0.05, 0.1) is 5.69 Å². The van der Waals surface area contributed by atoms with Gasteiger partial charge in [0.15, 0.2) is 0 Å². The number of rotatable bonds is 6. The first kappa shape index (κ1) is 16.9. The third-order valence-electron chi connectivity index (χ3n) is 4.55. The van der Waals surface area contributed by atoms with Crippen LogP contribution in [0.15, 0.2) is 36.5 Å². The molecule has 2 aromatic rings. The normalized spacial score (nSPS) is 16.2. The zero-order chi connectivity index (χ0) is 16.8. The van der Waals surface area contributed by atoms with Crippen molar-refractivity contribution in [1.29, 1.82) is 0 Å². The van der Waals surface area contributed by atoms with Crippen LogP contribution in [0.4, 0.5) is 5.95 Å². The van der Waals surface area contributed by atoms with Crippen LogP contribution in [0.1, 0.15) is 12.0 Å². The molecule has 0 saturated carbocycles. The molecule has 1 aromatic carbocycles. The minimum atomic E-state index is 0.720. The maximum absolute atomic E-state index is 4.69.